The van der Waals surface area contributed by atoms with Crippen molar-refractivity contribution >= 4 is 44.9 Å². The summed E-state index contributed by atoms with van der Waals surface area (Å²) in [6, 6.07) is 8.62. The molecule has 1 aromatic carbocycles. The van der Waals surface area contributed by atoms with Gasteiger partial charge >= 0.3 is 29.2 Å². The summed E-state index contributed by atoms with van der Waals surface area (Å²) in [5.74, 6) is 0.0958. The van der Waals surface area contributed by atoms with E-state index in [1.165, 1.54) is 12.3 Å². The van der Waals surface area contributed by atoms with E-state index in [-0.39, 0.29) is 40.0 Å². The van der Waals surface area contributed by atoms with Crippen LogP contribution in [0, 0.1) is 6.92 Å². The summed E-state index contributed by atoms with van der Waals surface area (Å²) in [5, 5.41) is 0.295. The Balaban J connectivity index is 0.00000182. The number of halogens is 3. The number of nitrogens with zero attached hydrogens (tertiary/aromatic N) is 2. The Morgan fingerprint density at radius 3 is 2.59 bits per heavy atom. The zero-order valence-corrected chi connectivity index (χ0v) is 16.5. The molecular formula is C16H14F3MgN3O3S. The largest absolute Gasteiger partial charge is 2.00 e. The third kappa shape index (κ3) is 5.89. The Kier molecular flexibility index (Phi) is 8.20. The summed E-state index contributed by atoms with van der Waals surface area (Å²) in [5.41, 5.74) is 2.28. The molecular weight excluding hydrogens is 396 g/mol. The number of H-pyrrole nitrogens is 1. The summed E-state index contributed by atoms with van der Waals surface area (Å²) >= 11 is 0. The number of hydrogen-bond donors (Lipinski definition) is 1. The number of pyridine rings is 1. The molecule has 11 heteroatoms. The molecule has 1 N–H and O–H groups in total. The van der Waals surface area contributed by atoms with E-state index in [0.717, 1.165) is 5.52 Å². The smallest absolute Gasteiger partial charge is 2.00 e. The molecule has 0 saturated carbocycles. The third-order valence-corrected chi connectivity index (χ3v) is 4.66. The van der Waals surface area contributed by atoms with E-state index in [9.17, 15) is 17.4 Å². The van der Waals surface area contributed by atoms with Crippen LogP contribution in [-0.4, -0.2) is 55.0 Å². The molecule has 0 spiro atoms. The van der Waals surface area contributed by atoms with Crippen LogP contribution in [0.2, 0.25) is 0 Å². The normalized spacial score (nSPS) is 12.1. The number of nitrogens with one attached hydrogen (secondary N) is 1. The van der Waals surface area contributed by atoms with Crippen molar-refractivity contribution in [2.45, 2.75) is 24.0 Å². The molecule has 0 saturated heterocycles. The molecule has 0 aliphatic heterocycles. The van der Waals surface area contributed by atoms with Gasteiger partial charge in [-0.25, -0.2) is 4.98 Å². The molecule has 3 aromatic rings. The second-order valence-electron chi connectivity index (χ2n) is 5.33. The van der Waals surface area contributed by atoms with E-state index in [2.05, 4.69) is 15.0 Å². The van der Waals surface area contributed by atoms with Crippen molar-refractivity contribution in [1.29, 1.82) is 0 Å². The molecule has 2 heterocycles. The van der Waals surface area contributed by atoms with Crippen molar-refractivity contribution in [1.82, 2.24) is 15.0 Å². The van der Waals surface area contributed by atoms with Crippen molar-refractivity contribution in [3.8, 4) is 5.75 Å². The van der Waals surface area contributed by atoms with Crippen LogP contribution in [0.1, 0.15) is 11.3 Å². The number of benzene rings is 1. The van der Waals surface area contributed by atoms with Gasteiger partial charge in [0.1, 0.15) is 5.75 Å². The fourth-order valence-electron chi connectivity index (χ4n) is 2.25. The minimum Gasteiger partial charge on any atom is -2.00 e. The summed E-state index contributed by atoms with van der Waals surface area (Å²) in [6.45, 7) is 0.202. The van der Waals surface area contributed by atoms with Crippen LogP contribution in [0.5, 0.6) is 5.75 Å². The molecule has 0 amide bonds. The van der Waals surface area contributed by atoms with Crippen molar-refractivity contribution in [2.24, 2.45) is 0 Å². The number of para-hydroxylation sites is 2. The summed E-state index contributed by atoms with van der Waals surface area (Å²) in [6.07, 6.45) is -3.09. The van der Waals surface area contributed by atoms with Crippen LogP contribution in [-0.2, 0) is 22.0 Å². The average molecular weight is 410 g/mol. The predicted molar refractivity (Wildman–Crippen MR) is 93.2 cm³/mol. The van der Waals surface area contributed by atoms with E-state index < -0.39 is 23.6 Å². The Morgan fingerprint density at radius 1 is 1.22 bits per heavy atom. The molecule has 140 valence electrons. The van der Waals surface area contributed by atoms with E-state index in [0.29, 0.717) is 21.9 Å². The van der Waals surface area contributed by atoms with Gasteiger partial charge in [0.2, 0.25) is 0 Å². The minimum absolute atomic E-state index is 0. The molecule has 0 fully saturated rings. The number of fused-ring (bicyclic) bond motifs is 1. The van der Waals surface area contributed by atoms with Crippen molar-refractivity contribution < 1.29 is 27.6 Å². The summed E-state index contributed by atoms with van der Waals surface area (Å²) < 4.78 is 54.2. The van der Waals surface area contributed by atoms with Crippen molar-refractivity contribution in [3.63, 3.8) is 0 Å². The molecule has 0 bridgehead atoms. The molecule has 1 atom stereocenters. The first-order valence-corrected chi connectivity index (χ1v) is 8.62. The van der Waals surface area contributed by atoms with Crippen LogP contribution in [0.4, 0.5) is 13.2 Å². The van der Waals surface area contributed by atoms with Gasteiger partial charge in [0.15, 0.2) is 11.8 Å². The van der Waals surface area contributed by atoms with Crippen LogP contribution in [0.3, 0.4) is 0 Å². The average Bonchev–Trinajstić information content (AvgIpc) is 2.99. The predicted octanol–water partition coefficient (Wildman–Crippen LogP) is 3.02. The van der Waals surface area contributed by atoms with Crippen LogP contribution >= 0.6 is 0 Å². The standard InChI is InChI=1S/C16H14F3N3O2S.Mg.O/c1-10-13(20-7-6-14(10)24-9-16(17,18)19)8-25(23)15-21-11-4-2-3-5-12(11)22-15;;/h2-7H,8-9H2,1H3,(H,21,22);;/q;+2;-2. The van der Waals surface area contributed by atoms with Crippen molar-refractivity contribution in [3.05, 3.63) is 47.8 Å². The maximum absolute atomic E-state index is 12.5. The van der Waals surface area contributed by atoms with E-state index in [1.807, 2.05) is 18.2 Å². The Bertz CT molecular complexity index is 901. The first-order valence-electron chi connectivity index (χ1n) is 7.30. The number of ether oxygens (including phenoxy) is 1. The van der Waals surface area contributed by atoms with Gasteiger partial charge in [-0.3, -0.25) is 9.19 Å². The van der Waals surface area contributed by atoms with Crippen molar-refractivity contribution in [2.75, 3.05) is 6.61 Å². The topological polar surface area (TPSA) is 96.4 Å². The molecule has 1 unspecified atom stereocenters. The van der Waals surface area contributed by atoms with Gasteiger partial charge in [0, 0.05) is 11.8 Å². The van der Waals surface area contributed by atoms with Gasteiger partial charge in [0.25, 0.3) is 0 Å². The van der Waals surface area contributed by atoms with Gasteiger partial charge in [-0.1, -0.05) is 12.1 Å². The first-order chi connectivity index (χ1) is 11.8. The minimum atomic E-state index is -4.42. The molecule has 3 rings (SSSR count). The van der Waals surface area contributed by atoms with E-state index in [4.69, 9.17) is 4.74 Å². The van der Waals surface area contributed by atoms with E-state index >= 15 is 0 Å². The fraction of sp³-hybridized carbons (Fsp3) is 0.250. The molecule has 0 aliphatic carbocycles. The van der Waals surface area contributed by atoms with Gasteiger partial charge in [-0.15, -0.1) is 0 Å². The molecule has 6 nitrogen and oxygen atoms in total. The molecule has 27 heavy (non-hydrogen) atoms. The number of aromatic amines is 1. The SMILES string of the molecule is Cc1c(OCC(F)(F)F)ccnc1CS(=O)c1nc2ccccc2[nH]1.[Mg+2].[O-2]. The zero-order valence-electron chi connectivity index (χ0n) is 14.2. The van der Waals surface area contributed by atoms with Gasteiger partial charge in [-0.2, -0.15) is 13.2 Å². The monoisotopic (exact) mass is 409 g/mol. The molecule has 0 aliphatic rings. The van der Waals surface area contributed by atoms with E-state index in [1.54, 1.807) is 13.0 Å². The van der Waals surface area contributed by atoms with Crippen LogP contribution < -0.4 is 4.74 Å². The fourth-order valence-corrected chi connectivity index (χ4v) is 3.35. The number of alkyl halides is 3. The number of hydrogen-bond acceptors (Lipinski definition) is 4. The summed E-state index contributed by atoms with van der Waals surface area (Å²) in [4.78, 5) is 11.3. The first kappa shape index (κ1) is 23.3. The maximum atomic E-state index is 12.5. The van der Waals surface area contributed by atoms with Gasteiger partial charge < -0.3 is 15.2 Å². The number of rotatable bonds is 5. The number of aromatic nitrogens is 3. The Hall–Kier alpha value is -1.69. The zero-order chi connectivity index (χ0) is 18.0. The van der Waals surface area contributed by atoms with Crippen LogP contribution in [0.25, 0.3) is 11.0 Å². The molecule has 0 radical (unpaired) electrons. The van der Waals surface area contributed by atoms with Gasteiger partial charge in [-0.05, 0) is 25.1 Å². The summed E-state index contributed by atoms with van der Waals surface area (Å²) in [7, 11) is -1.51. The quantitative estimate of drug-likeness (QED) is 0.655. The number of imidazole rings is 1. The second kappa shape index (κ2) is 9.49. The Labute approximate surface area is 171 Å². The maximum Gasteiger partial charge on any atom is 2.00 e. The molecule has 2 aromatic heterocycles. The van der Waals surface area contributed by atoms with Crippen LogP contribution in [0.15, 0.2) is 41.7 Å². The third-order valence-electron chi connectivity index (χ3n) is 3.50. The Morgan fingerprint density at radius 2 is 1.93 bits per heavy atom. The second-order valence-corrected chi connectivity index (χ2v) is 6.70. The van der Waals surface area contributed by atoms with Gasteiger partial charge in [0.05, 0.1) is 33.3 Å².